The maximum absolute atomic E-state index is 11.2. The van der Waals surface area contributed by atoms with Crippen molar-refractivity contribution in [3.63, 3.8) is 0 Å². The van der Waals surface area contributed by atoms with E-state index in [9.17, 15) is 4.55 Å². The average molecular weight is 236 g/mol. The molecule has 0 radical (unpaired) electrons. The number of nitrogens with zero attached hydrogens (tertiary/aromatic N) is 3. The quantitative estimate of drug-likeness (QED) is 0.482. The van der Waals surface area contributed by atoms with Gasteiger partial charge in [0.15, 0.2) is 0 Å². The van der Waals surface area contributed by atoms with Gasteiger partial charge in [0.2, 0.25) is 0 Å². The van der Waals surface area contributed by atoms with Crippen molar-refractivity contribution in [1.82, 2.24) is 9.97 Å². The topological polar surface area (TPSA) is 84.7 Å². The fourth-order valence-corrected chi connectivity index (χ4v) is 1.49. The van der Waals surface area contributed by atoms with Gasteiger partial charge < -0.3 is 9.87 Å². The molecule has 0 spiro atoms. The summed E-state index contributed by atoms with van der Waals surface area (Å²) in [5, 5.41) is 11.8. The Hall–Kier alpha value is -1.58. The van der Waals surface area contributed by atoms with Gasteiger partial charge in [0, 0.05) is 35.6 Å². The third-order valence-corrected chi connectivity index (χ3v) is 2.44. The van der Waals surface area contributed by atoms with Gasteiger partial charge >= 0.3 is 5.16 Å². The van der Waals surface area contributed by atoms with Gasteiger partial charge in [-0.1, -0.05) is 0 Å². The molecule has 6 heteroatoms. The zero-order valence-electron chi connectivity index (χ0n) is 9.10. The molecule has 0 bridgehead atoms. The molecule has 1 aromatic rings. The molecule has 1 rings (SSSR count). The number of rotatable bonds is 4. The highest BCUT2D eigenvalue weighted by molar-refractivity contribution is 7.90. The summed E-state index contributed by atoms with van der Waals surface area (Å²) < 4.78 is 11.2. The van der Waals surface area contributed by atoms with Crippen molar-refractivity contribution in [2.75, 3.05) is 18.1 Å². The van der Waals surface area contributed by atoms with Crippen LogP contribution in [0.2, 0.25) is 0 Å². The third kappa shape index (κ3) is 3.22. The van der Waals surface area contributed by atoms with Crippen LogP contribution in [0, 0.1) is 11.3 Å². The van der Waals surface area contributed by atoms with Crippen LogP contribution in [0.5, 0.6) is 0 Å². The molecule has 1 aromatic heterocycles. The first kappa shape index (κ1) is 12.5. The molecule has 0 amide bonds. The second-order valence-electron chi connectivity index (χ2n) is 2.90. The minimum Gasteiger partial charge on any atom is -0.609 e. The van der Waals surface area contributed by atoms with Crippen LogP contribution >= 0.6 is 0 Å². The van der Waals surface area contributed by atoms with E-state index in [1.54, 1.807) is 12.3 Å². The molecule has 1 atom stereocenters. The van der Waals surface area contributed by atoms with Crippen LogP contribution in [0.25, 0.3) is 6.08 Å². The number of hydrogen-bond donors (Lipinski definition) is 1. The van der Waals surface area contributed by atoms with Crippen molar-refractivity contribution in [2.45, 2.75) is 12.1 Å². The number of hydrogen-bond acceptors (Lipinski definition) is 5. The lowest BCUT2D eigenvalue weighted by Gasteiger charge is -2.08. The van der Waals surface area contributed by atoms with E-state index in [1.165, 1.54) is 12.3 Å². The molecule has 0 saturated heterocycles. The maximum atomic E-state index is 11.2. The second-order valence-corrected chi connectivity index (χ2v) is 4.18. The van der Waals surface area contributed by atoms with E-state index in [-0.39, 0.29) is 5.16 Å². The van der Waals surface area contributed by atoms with Crippen molar-refractivity contribution in [3.8, 4) is 6.07 Å². The van der Waals surface area contributed by atoms with Crippen LogP contribution in [0.15, 0.2) is 17.4 Å². The van der Waals surface area contributed by atoms with E-state index < -0.39 is 11.2 Å². The van der Waals surface area contributed by atoms with E-state index in [1.807, 2.05) is 13.0 Å². The Labute approximate surface area is 97.4 Å². The summed E-state index contributed by atoms with van der Waals surface area (Å²) in [4.78, 5) is 8.09. The summed E-state index contributed by atoms with van der Waals surface area (Å²) in [5.41, 5.74) is 0.706. The lowest BCUT2D eigenvalue weighted by atomic mass is 10.3. The van der Waals surface area contributed by atoms with Crippen LogP contribution < -0.4 is 5.32 Å². The normalized spacial score (nSPS) is 12.4. The molecule has 1 N–H and O–H groups in total. The van der Waals surface area contributed by atoms with Gasteiger partial charge in [-0.2, -0.15) is 15.2 Å². The van der Waals surface area contributed by atoms with E-state index in [0.29, 0.717) is 17.9 Å². The summed E-state index contributed by atoms with van der Waals surface area (Å²) in [6.07, 6.45) is 6.04. The largest absolute Gasteiger partial charge is 0.609 e. The van der Waals surface area contributed by atoms with Crippen molar-refractivity contribution in [3.05, 3.63) is 17.8 Å². The molecular weight excluding hydrogens is 224 g/mol. The molecule has 84 valence electrons. The van der Waals surface area contributed by atoms with Gasteiger partial charge in [-0.15, -0.1) is 0 Å². The van der Waals surface area contributed by atoms with Crippen LogP contribution in [0.4, 0.5) is 5.82 Å². The van der Waals surface area contributed by atoms with Crippen molar-refractivity contribution >= 4 is 23.1 Å². The van der Waals surface area contributed by atoms with Gasteiger partial charge in [-0.05, 0) is 13.0 Å². The molecule has 0 aliphatic rings. The molecule has 16 heavy (non-hydrogen) atoms. The number of nitriles is 1. The first-order valence-corrected chi connectivity index (χ1v) is 6.25. The highest BCUT2D eigenvalue weighted by Gasteiger charge is 2.11. The van der Waals surface area contributed by atoms with E-state index in [2.05, 4.69) is 15.3 Å². The zero-order valence-corrected chi connectivity index (χ0v) is 9.91. The molecule has 0 fully saturated rings. The van der Waals surface area contributed by atoms with E-state index in [0.717, 1.165) is 0 Å². The van der Waals surface area contributed by atoms with Gasteiger partial charge in [0.1, 0.15) is 12.1 Å². The summed E-state index contributed by atoms with van der Waals surface area (Å²) in [6, 6.07) is 1.90. The summed E-state index contributed by atoms with van der Waals surface area (Å²) in [7, 11) is 0. The molecule has 1 heterocycles. The summed E-state index contributed by atoms with van der Waals surface area (Å²) in [5.74, 6) is 0.592. The average Bonchev–Trinajstić information content (AvgIpc) is 2.27. The van der Waals surface area contributed by atoms with E-state index in [4.69, 9.17) is 5.26 Å². The number of allylic oxidation sites excluding steroid dienone is 1. The monoisotopic (exact) mass is 236 g/mol. The standard InChI is InChI=1S/C10H12N4OS/c1-3-12-9-8(5-4-6-11)7-13-10(14-9)16(2)15/h4-5,7H,3H2,1-2H3,(H,12,13,14). The molecule has 1 unspecified atom stereocenters. The smallest absolute Gasteiger partial charge is 0.344 e. The summed E-state index contributed by atoms with van der Waals surface area (Å²) >= 11 is -1.21. The molecule has 0 saturated carbocycles. The van der Waals surface area contributed by atoms with Crippen molar-refractivity contribution < 1.29 is 4.55 Å². The van der Waals surface area contributed by atoms with Gasteiger partial charge in [0.25, 0.3) is 0 Å². The molecule has 0 aliphatic carbocycles. The Kier molecular flexibility index (Phi) is 4.76. The van der Waals surface area contributed by atoms with Crippen LogP contribution in [0.3, 0.4) is 0 Å². The highest BCUT2D eigenvalue weighted by atomic mass is 32.2. The molecule has 0 aliphatic heterocycles. The Balaban J connectivity index is 3.09. The lowest BCUT2D eigenvalue weighted by molar-refractivity contribution is 0.592. The van der Waals surface area contributed by atoms with Crippen LogP contribution in [-0.2, 0) is 11.2 Å². The maximum Gasteiger partial charge on any atom is 0.344 e. The Morgan fingerprint density at radius 3 is 3.00 bits per heavy atom. The lowest BCUT2D eigenvalue weighted by Crippen LogP contribution is -2.09. The highest BCUT2D eigenvalue weighted by Crippen LogP contribution is 2.15. The fraction of sp³-hybridized carbons (Fsp3) is 0.300. The Bertz CT molecular complexity index is 425. The number of nitrogens with one attached hydrogen (secondary N) is 1. The van der Waals surface area contributed by atoms with Gasteiger partial charge in [0.05, 0.1) is 6.07 Å². The van der Waals surface area contributed by atoms with Crippen LogP contribution in [-0.4, -0.2) is 27.3 Å². The third-order valence-electron chi connectivity index (χ3n) is 1.73. The number of anilines is 1. The Morgan fingerprint density at radius 2 is 2.44 bits per heavy atom. The number of aromatic nitrogens is 2. The summed E-state index contributed by atoms with van der Waals surface area (Å²) in [6.45, 7) is 2.63. The zero-order chi connectivity index (χ0) is 12.0. The minimum absolute atomic E-state index is 0.282. The van der Waals surface area contributed by atoms with Gasteiger partial charge in [-0.3, -0.25) is 0 Å². The molecule has 0 aromatic carbocycles. The molecule has 5 nitrogen and oxygen atoms in total. The molecular formula is C10H12N4OS. The van der Waals surface area contributed by atoms with Crippen molar-refractivity contribution in [1.29, 1.82) is 5.26 Å². The SMILES string of the molecule is CCNc1nc([S+](C)[O-])ncc1C=CC#N. The predicted octanol–water partition coefficient (Wildman–Crippen LogP) is 1.18. The minimum atomic E-state index is -1.21. The fourth-order valence-electron chi connectivity index (χ4n) is 1.07. The van der Waals surface area contributed by atoms with Crippen LogP contribution in [0.1, 0.15) is 12.5 Å². The first-order chi connectivity index (χ1) is 7.69. The van der Waals surface area contributed by atoms with E-state index >= 15 is 0 Å². The van der Waals surface area contributed by atoms with Crippen molar-refractivity contribution in [2.24, 2.45) is 0 Å². The van der Waals surface area contributed by atoms with Gasteiger partial charge in [-0.25, -0.2) is 0 Å². The predicted molar refractivity (Wildman–Crippen MR) is 63.2 cm³/mol. The first-order valence-electron chi connectivity index (χ1n) is 4.69. The second kappa shape index (κ2) is 6.10. The Morgan fingerprint density at radius 1 is 1.69 bits per heavy atom.